The summed E-state index contributed by atoms with van der Waals surface area (Å²) in [5, 5.41) is 3.31. The summed E-state index contributed by atoms with van der Waals surface area (Å²) in [6.07, 6.45) is 1.79. The topological polar surface area (TPSA) is 123 Å². The van der Waals surface area contributed by atoms with Gasteiger partial charge in [-0.2, -0.15) is 0 Å². The molecule has 4 N–H and O–H groups in total. The molecule has 3 rings (SSSR count). The van der Waals surface area contributed by atoms with Crippen molar-refractivity contribution in [3.8, 4) is 0 Å². The number of sulfonamides is 1. The van der Waals surface area contributed by atoms with Crippen LogP contribution in [0.4, 0.5) is 11.5 Å². The molecule has 1 aromatic heterocycles. The fraction of sp³-hybridized carbons (Fsp3) is 0.478. The number of anilines is 2. The molecular formula is C23H32N4O4S. The zero-order valence-corrected chi connectivity index (χ0v) is 19.9. The van der Waals surface area contributed by atoms with E-state index < -0.39 is 15.9 Å². The van der Waals surface area contributed by atoms with Crippen molar-refractivity contribution >= 4 is 27.4 Å². The number of nitrogen functional groups attached to an aromatic ring is 1. The van der Waals surface area contributed by atoms with Crippen molar-refractivity contribution in [2.75, 3.05) is 30.8 Å². The van der Waals surface area contributed by atoms with Crippen LogP contribution < -0.4 is 15.8 Å². The molecular weight excluding hydrogens is 428 g/mol. The van der Waals surface area contributed by atoms with E-state index in [1.165, 1.54) is 24.3 Å². The molecule has 1 fully saturated rings. The largest absolute Gasteiger partial charge is 0.399 e. The summed E-state index contributed by atoms with van der Waals surface area (Å²) in [7, 11) is -4.05. The SMILES string of the molecule is CC1(CNc2nc(C(C)(C)C)ccc2C(=O)NS(=O)(=O)c2ccc(N)cc2)CCOCC1. The molecule has 1 aromatic carbocycles. The number of pyridine rings is 1. The first-order valence-electron chi connectivity index (χ1n) is 10.7. The quantitative estimate of drug-likeness (QED) is 0.565. The lowest BCUT2D eigenvalue weighted by Gasteiger charge is -2.34. The Kier molecular flexibility index (Phi) is 6.80. The molecule has 0 saturated carbocycles. The fourth-order valence-corrected chi connectivity index (χ4v) is 4.38. The average Bonchev–Trinajstić information content (AvgIpc) is 2.72. The summed E-state index contributed by atoms with van der Waals surface area (Å²) in [4.78, 5) is 17.6. The Bertz CT molecular complexity index is 1070. The van der Waals surface area contributed by atoms with Gasteiger partial charge < -0.3 is 15.8 Å². The minimum absolute atomic E-state index is 0.00145. The first-order valence-corrected chi connectivity index (χ1v) is 12.1. The first kappa shape index (κ1) is 24.0. The maximum Gasteiger partial charge on any atom is 0.268 e. The molecule has 174 valence electrons. The number of hydrogen-bond acceptors (Lipinski definition) is 7. The van der Waals surface area contributed by atoms with Crippen molar-refractivity contribution in [3.63, 3.8) is 0 Å². The van der Waals surface area contributed by atoms with Gasteiger partial charge in [-0.15, -0.1) is 0 Å². The molecule has 1 aliphatic heterocycles. The maximum atomic E-state index is 13.0. The molecule has 32 heavy (non-hydrogen) atoms. The number of amides is 1. The Hall–Kier alpha value is -2.65. The number of carbonyl (C=O) groups is 1. The zero-order valence-electron chi connectivity index (χ0n) is 19.1. The lowest BCUT2D eigenvalue weighted by Crippen LogP contribution is -2.35. The number of carbonyl (C=O) groups excluding carboxylic acids is 1. The average molecular weight is 461 g/mol. The van der Waals surface area contributed by atoms with Crippen molar-refractivity contribution < 1.29 is 17.9 Å². The Morgan fingerprint density at radius 3 is 2.34 bits per heavy atom. The van der Waals surface area contributed by atoms with E-state index in [0.717, 1.165) is 18.5 Å². The predicted octanol–water partition coefficient (Wildman–Crippen LogP) is 3.31. The van der Waals surface area contributed by atoms with Crippen LogP contribution in [0.5, 0.6) is 0 Å². The van der Waals surface area contributed by atoms with Gasteiger partial charge in [-0.05, 0) is 54.7 Å². The number of aromatic nitrogens is 1. The third kappa shape index (κ3) is 5.77. The molecule has 1 amide bonds. The highest BCUT2D eigenvalue weighted by molar-refractivity contribution is 7.90. The van der Waals surface area contributed by atoms with Gasteiger partial charge >= 0.3 is 0 Å². The Labute approximate surface area is 190 Å². The molecule has 9 heteroatoms. The molecule has 0 aliphatic carbocycles. The fourth-order valence-electron chi connectivity index (χ4n) is 3.42. The zero-order chi connectivity index (χ0) is 23.6. The van der Waals surface area contributed by atoms with E-state index in [0.29, 0.717) is 31.3 Å². The van der Waals surface area contributed by atoms with Crippen LogP contribution in [0, 0.1) is 5.41 Å². The predicted molar refractivity (Wildman–Crippen MR) is 125 cm³/mol. The summed E-state index contributed by atoms with van der Waals surface area (Å²) in [5.41, 5.74) is 6.81. The molecule has 0 radical (unpaired) electrons. The van der Waals surface area contributed by atoms with Gasteiger partial charge in [0.25, 0.3) is 15.9 Å². The molecule has 1 aliphatic rings. The van der Waals surface area contributed by atoms with Gasteiger partial charge in [0.15, 0.2) is 0 Å². The van der Waals surface area contributed by atoms with Crippen molar-refractivity contribution in [1.29, 1.82) is 0 Å². The molecule has 2 heterocycles. The molecule has 2 aromatic rings. The van der Waals surface area contributed by atoms with Crippen molar-refractivity contribution in [1.82, 2.24) is 9.71 Å². The molecule has 0 atom stereocenters. The number of hydrogen-bond donors (Lipinski definition) is 3. The van der Waals surface area contributed by atoms with Gasteiger partial charge in [0, 0.05) is 36.6 Å². The Balaban J connectivity index is 1.88. The highest BCUT2D eigenvalue weighted by Crippen LogP contribution is 2.31. The van der Waals surface area contributed by atoms with Crippen LogP contribution in [0.25, 0.3) is 0 Å². The summed E-state index contributed by atoms with van der Waals surface area (Å²) in [6.45, 7) is 10.3. The number of benzene rings is 1. The highest BCUT2D eigenvalue weighted by atomic mass is 32.2. The van der Waals surface area contributed by atoms with Crippen LogP contribution in [0.3, 0.4) is 0 Å². The smallest absolute Gasteiger partial charge is 0.268 e. The molecule has 1 saturated heterocycles. The number of nitrogens with one attached hydrogen (secondary N) is 2. The normalized spacial score (nSPS) is 16.4. The minimum atomic E-state index is -4.05. The van der Waals surface area contributed by atoms with E-state index >= 15 is 0 Å². The van der Waals surface area contributed by atoms with Crippen LogP contribution in [0.2, 0.25) is 0 Å². The molecule has 0 unspecified atom stereocenters. The minimum Gasteiger partial charge on any atom is -0.399 e. The second-order valence-corrected chi connectivity index (χ2v) is 11.3. The van der Waals surface area contributed by atoms with Crippen molar-refractivity contribution in [2.45, 2.75) is 50.8 Å². The van der Waals surface area contributed by atoms with E-state index in [-0.39, 0.29) is 21.3 Å². The number of ether oxygens (including phenoxy) is 1. The van der Waals surface area contributed by atoms with E-state index in [2.05, 4.69) is 21.9 Å². The van der Waals surface area contributed by atoms with Gasteiger partial charge in [0.1, 0.15) is 5.82 Å². The van der Waals surface area contributed by atoms with Gasteiger partial charge in [-0.25, -0.2) is 18.1 Å². The van der Waals surface area contributed by atoms with Crippen LogP contribution in [-0.2, 0) is 20.2 Å². The highest BCUT2D eigenvalue weighted by Gasteiger charge is 2.29. The summed E-state index contributed by atoms with van der Waals surface area (Å²) >= 11 is 0. The lowest BCUT2D eigenvalue weighted by molar-refractivity contribution is 0.0299. The second kappa shape index (κ2) is 9.07. The first-order chi connectivity index (χ1) is 14.9. The van der Waals surface area contributed by atoms with Gasteiger partial charge in [-0.1, -0.05) is 27.7 Å². The van der Waals surface area contributed by atoms with E-state index in [1.54, 1.807) is 12.1 Å². The van der Waals surface area contributed by atoms with Gasteiger partial charge in [-0.3, -0.25) is 4.79 Å². The van der Waals surface area contributed by atoms with Crippen molar-refractivity contribution in [3.05, 3.63) is 47.7 Å². The molecule has 0 spiro atoms. The van der Waals surface area contributed by atoms with Crippen molar-refractivity contribution in [2.24, 2.45) is 5.41 Å². The van der Waals surface area contributed by atoms with Gasteiger partial charge in [0.2, 0.25) is 0 Å². The lowest BCUT2D eigenvalue weighted by atomic mass is 9.82. The van der Waals surface area contributed by atoms with Gasteiger partial charge in [0.05, 0.1) is 10.5 Å². The summed E-state index contributed by atoms with van der Waals surface area (Å²) in [5.74, 6) is -0.371. The van der Waals surface area contributed by atoms with Crippen LogP contribution in [0.15, 0.2) is 41.3 Å². The third-order valence-corrected chi connectivity index (χ3v) is 7.06. The number of nitrogens with zero attached hydrogens (tertiary/aromatic N) is 1. The van der Waals surface area contributed by atoms with E-state index in [1.807, 2.05) is 20.8 Å². The second-order valence-electron chi connectivity index (χ2n) is 9.62. The number of rotatable bonds is 6. The Morgan fingerprint density at radius 1 is 1.12 bits per heavy atom. The van der Waals surface area contributed by atoms with Crippen LogP contribution in [0.1, 0.15) is 56.6 Å². The Morgan fingerprint density at radius 2 is 1.75 bits per heavy atom. The van der Waals surface area contributed by atoms with Crippen LogP contribution in [-0.4, -0.2) is 39.1 Å². The van der Waals surface area contributed by atoms with E-state index in [4.69, 9.17) is 10.5 Å². The third-order valence-electron chi connectivity index (χ3n) is 5.71. The van der Waals surface area contributed by atoms with E-state index in [9.17, 15) is 13.2 Å². The van der Waals surface area contributed by atoms with Crippen LogP contribution >= 0.6 is 0 Å². The molecule has 8 nitrogen and oxygen atoms in total. The standard InChI is InChI=1S/C23H32N4O4S/c1-22(2,3)19-10-9-18(20(26-19)25-15-23(4)11-13-31-14-12-23)21(28)27-32(29,30)17-7-5-16(24)6-8-17/h5-10H,11-15,24H2,1-4H3,(H,25,26)(H,27,28). The summed E-state index contributed by atoms with van der Waals surface area (Å²) < 4.78 is 33.0. The molecule has 0 bridgehead atoms. The maximum absolute atomic E-state index is 13.0. The number of nitrogens with two attached hydrogens (primary N) is 1. The summed E-state index contributed by atoms with van der Waals surface area (Å²) in [6, 6.07) is 9.04. The monoisotopic (exact) mass is 460 g/mol.